The molecule has 0 radical (unpaired) electrons. The summed E-state index contributed by atoms with van der Waals surface area (Å²) in [5.41, 5.74) is 0. The van der Waals surface area contributed by atoms with Crippen LogP contribution in [0.25, 0.3) is 0 Å². The van der Waals surface area contributed by atoms with Gasteiger partial charge in [0.15, 0.2) is 6.10 Å². The van der Waals surface area contributed by atoms with E-state index in [2.05, 4.69) is 20.8 Å². The summed E-state index contributed by atoms with van der Waals surface area (Å²) < 4.78 is 17.2. The lowest BCUT2D eigenvalue weighted by atomic mass is 10.0. The minimum absolute atomic E-state index is 0.162. The van der Waals surface area contributed by atoms with Crippen molar-refractivity contribution in [3.05, 3.63) is 0 Å². The summed E-state index contributed by atoms with van der Waals surface area (Å²) in [4.78, 5) is 39.2. The van der Waals surface area contributed by atoms with Gasteiger partial charge in [0.1, 0.15) is 6.61 Å². The fraction of sp³-hybridized carbons (Fsp3) is 0.942. The number of hydrogen-bond donors (Lipinski definition) is 1. The van der Waals surface area contributed by atoms with Crippen molar-refractivity contribution in [1.82, 2.24) is 0 Å². The molecule has 0 spiro atoms. The average Bonchev–Trinajstić information content (AvgIpc) is 3.22. The second-order valence-corrected chi connectivity index (χ2v) is 18.0. The van der Waals surface area contributed by atoms with E-state index >= 15 is 0 Å². The maximum atomic E-state index is 13.1. The van der Waals surface area contributed by atoms with Crippen LogP contribution in [0.5, 0.6) is 0 Å². The van der Waals surface area contributed by atoms with Crippen LogP contribution in [0, 0.1) is 0 Å². The molecule has 7 heteroatoms. The standard InChI is InChI=1S/C52H100O7/c1-5-8-11-14-17-20-23-26-29-32-35-38-41-44-49(54)57-48(4)52(47-53,58-50(55)45-42-39-36-33-30-27-24-21-18-15-12-9-6-2)59-51(56)46-43-40-37-34-31-28-25-22-19-16-13-10-7-3/h48,53H,5-47H2,1-4H3. The monoisotopic (exact) mass is 837 g/mol. The Balaban J connectivity index is 4.73. The van der Waals surface area contributed by atoms with Crippen LogP contribution >= 0.6 is 0 Å². The van der Waals surface area contributed by atoms with Gasteiger partial charge in [0.25, 0.3) is 0 Å². The number of hydrogen-bond acceptors (Lipinski definition) is 7. The number of rotatable bonds is 47. The highest BCUT2D eigenvalue weighted by Gasteiger charge is 2.46. The molecule has 0 aliphatic carbocycles. The number of carbonyl (C=O) groups is 3. The van der Waals surface area contributed by atoms with E-state index in [1.165, 1.54) is 180 Å². The highest BCUT2D eigenvalue weighted by molar-refractivity contribution is 5.73. The predicted molar refractivity (Wildman–Crippen MR) is 248 cm³/mol. The third-order valence-corrected chi connectivity index (χ3v) is 12.2. The van der Waals surface area contributed by atoms with Gasteiger partial charge in [-0.15, -0.1) is 0 Å². The molecule has 1 N–H and O–H groups in total. The van der Waals surface area contributed by atoms with Crippen LogP contribution in [0.3, 0.4) is 0 Å². The van der Waals surface area contributed by atoms with Crippen LogP contribution in [-0.4, -0.2) is 41.5 Å². The number of ether oxygens (including phenoxy) is 3. The number of unbranched alkanes of at least 4 members (excludes halogenated alkanes) is 36. The zero-order valence-corrected chi connectivity index (χ0v) is 39.9. The molecule has 7 nitrogen and oxygen atoms in total. The van der Waals surface area contributed by atoms with E-state index in [9.17, 15) is 19.5 Å². The number of esters is 3. The molecule has 0 bridgehead atoms. The Bertz CT molecular complexity index is 877. The largest absolute Gasteiger partial charge is 0.454 e. The fourth-order valence-corrected chi connectivity index (χ4v) is 8.07. The Morgan fingerprint density at radius 2 is 0.559 bits per heavy atom. The summed E-state index contributed by atoms with van der Waals surface area (Å²) in [6.45, 7) is 7.55. The maximum absolute atomic E-state index is 13.1. The molecule has 1 unspecified atom stereocenters. The molecule has 0 aromatic rings. The molecule has 0 fully saturated rings. The third kappa shape index (κ3) is 37.8. The first kappa shape index (κ1) is 57.4. The molecule has 1 atom stereocenters. The Hall–Kier alpha value is -1.63. The smallest absolute Gasteiger partial charge is 0.316 e. The summed E-state index contributed by atoms with van der Waals surface area (Å²) >= 11 is 0. The lowest BCUT2D eigenvalue weighted by Gasteiger charge is -2.35. The van der Waals surface area contributed by atoms with Gasteiger partial charge in [-0.25, -0.2) is 0 Å². The summed E-state index contributed by atoms with van der Waals surface area (Å²) in [5, 5.41) is 10.6. The highest BCUT2D eigenvalue weighted by atomic mass is 16.8. The van der Waals surface area contributed by atoms with Crippen molar-refractivity contribution in [2.24, 2.45) is 0 Å². The van der Waals surface area contributed by atoms with Gasteiger partial charge >= 0.3 is 23.7 Å². The Morgan fingerprint density at radius 1 is 0.356 bits per heavy atom. The van der Waals surface area contributed by atoms with Gasteiger partial charge in [0.05, 0.1) is 0 Å². The van der Waals surface area contributed by atoms with Crippen molar-refractivity contribution in [3.63, 3.8) is 0 Å². The average molecular weight is 837 g/mol. The molecule has 0 amide bonds. The van der Waals surface area contributed by atoms with Crippen molar-refractivity contribution >= 4 is 17.9 Å². The maximum Gasteiger partial charge on any atom is 0.316 e. The molecule has 0 saturated carbocycles. The molecule has 0 aliphatic rings. The Morgan fingerprint density at radius 3 is 0.780 bits per heavy atom. The van der Waals surface area contributed by atoms with E-state index in [0.29, 0.717) is 19.3 Å². The molecule has 0 heterocycles. The third-order valence-electron chi connectivity index (χ3n) is 12.2. The van der Waals surface area contributed by atoms with Crippen molar-refractivity contribution in [2.75, 3.05) is 6.61 Å². The second-order valence-electron chi connectivity index (χ2n) is 18.0. The molecular formula is C52H100O7. The quantitative estimate of drug-likeness (QED) is 0.0370. The van der Waals surface area contributed by atoms with Crippen LogP contribution in [0.4, 0.5) is 0 Å². The zero-order chi connectivity index (χ0) is 43.3. The lowest BCUT2D eigenvalue weighted by molar-refractivity contribution is -0.274. The van der Waals surface area contributed by atoms with Crippen LogP contribution in [0.2, 0.25) is 0 Å². The van der Waals surface area contributed by atoms with Gasteiger partial charge in [0, 0.05) is 19.3 Å². The van der Waals surface area contributed by atoms with Gasteiger partial charge in [-0.1, -0.05) is 252 Å². The molecule has 59 heavy (non-hydrogen) atoms. The summed E-state index contributed by atoms with van der Waals surface area (Å²) in [6, 6.07) is 0. The van der Waals surface area contributed by atoms with Gasteiger partial charge in [-0.2, -0.15) is 0 Å². The minimum Gasteiger partial charge on any atom is -0.454 e. The SMILES string of the molecule is CCCCCCCCCCCCCCCC(=O)OC(C)C(CO)(OC(=O)CCCCCCCCCCCCCCC)OC(=O)CCCCCCCCCCCCCCC. The number of aliphatic hydroxyl groups is 1. The first-order valence-corrected chi connectivity index (χ1v) is 26.1. The summed E-state index contributed by atoms with van der Waals surface area (Å²) in [5.74, 6) is -3.57. The minimum atomic E-state index is -2.05. The first-order valence-electron chi connectivity index (χ1n) is 26.1. The van der Waals surface area contributed by atoms with E-state index < -0.39 is 36.4 Å². The topological polar surface area (TPSA) is 99.1 Å². The lowest BCUT2D eigenvalue weighted by Crippen LogP contribution is -2.53. The molecule has 0 rings (SSSR count). The Kier molecular flexibility index (Phi) is 43.2. The van der Waals surface area contributed by atoms with E-state index in [-0.39, 0.29) is 19.3 Å². The van der Waals surface area contributed by atoms with Crippen molar-refractivity contribution in [1.29, 1.82) is 0 Å². The highest BCUT2D eigenvalue weighted by Crippen LogP contribution is 2.25. The number of aliphatic hydroxyl groups excluding tert-OH is 1. The fourth-order valence-electron chi connectivity index (χ4n) is 8.07. The van der Waals surface area contributed by atoms with Gasteiger partial charge in [-0.3, -0.25) is 14.4 Å². The molecule has 0 saturated heterocycles. The van der Waals surface area contributed by atoms with Crippen LogP contribution in [0.15, 0.2) is 0 Å². The van der Waals surface area contributed by atoms with Crippen molar-refractivity contribution < 1.29 is 33.7 Å². The second kappa shape index (κ2) is 44.4. The predicted octanol–water partition coefficient (Wildman–Crippen LogP) is 16.1. The molecule has 0 aromatic carbocycles. The molecule has 0 aromatic heterocycles. The van der Waals surface area contributed by atoms with Gasteiger partial charge in [-0.05, 0) is 26.2 Å². The molecular weight excluding hydrogens is 737 g/mol. The molecule has 350 valence electrons. The first-order chi connectivity index (χ1) is 28.8. The molecule has 0 aliphatic heterocycles. The van der Waals surface area contributed by atoms with Crippen molar-refractivity contribution in [2.45, 2.75) is 309 Å². The van der Waals surface area contributed by atoms with Crippen LogP contribution in [0.1, 0.15) is 297 Å². The Labute approximate surface area is 366 Å². The zero-order valence-electron chi connectivity index (χ0n) is 39.9. The van der Waals surface area contributed by atoms with Crippen LogP contribution < -0.4 is 0 Å². The number of carbonyl (C=O) groups excluding carboxylic acids is 3. The van der Waals surface area contributed by atoms with Crippen LogP contribution in [-0.2, 0) is 28.6 Å². The summed E-state index contributed by atoms with van der Waals surface area (Å²) in [6.07, 6.45) is 46.6. The summed E-state index contributed by atoms with van der Waals surface area (Å²) in [7, 11) is 0. The van der Waals surface area contributed by atoms with E-state index in [1.807, 2.05) is 0 Å². The van der Waals surface area contributed by atoms with Gasteiger partial charge in [0.2, 0.25) is 0 Å². The van der Waals surface area contributed by atoms with Crippen molar-refractivity contribution in [3.8, 4) is 0 Å². The van der Waals surface area contributed by atoms with E-state index in [4.69, 9.17) is 14.2 Å². The van der Waals surface area contributed by atoms with E-state index in [1.54, 1.807) is 6.92 Å². The normalized spacial score (nSPS) is 12.2. The van der Waals surface area contributed by atoms with E-state index in [0.717, 1.165) is 51.4 Å². The van der Waals surface area contributed by atoms with Gasteiger partial charge < -0.3 is 19.3 Å².